The molecule has 0 amide bonds. The second-order valence-corrected chi connectivity index (χ2v) is 4.95. The number of carbonyl (C=O) groups is 1. The van der Waals surface area contributed by atoms with Crippen molar-refractivity contribution in [2.75, 3.05) is 5.32 Å². The summed E-state index contributed by atoms with van der Waals surface area (Å²) in [5.41, 5.74) is 0. The van der Waals surface area contributed by atoms with Gasteiger partial charge in [0.25, 0.3) is 0 Å². The maximum atomic E-state index is 13.7. The van der Waals surface area contributed by atoms with Gasteiger partial charge in [-0.1, -0.05) is 13.8 Å². The van der Waals surface area contributed by atoms with Crippen LogP contribution in [0.1, 0.15) is 13.8 Å². The van der Waals surface area contributed by atoms with Crippen LogP contribution in [0.2, 0.25) is 0 Å². The summed E-state index contributed by atoms with van der Waals surface area (Å²) in [6.07, 6.45) is 1.20. The molecule has 0 aliphatic heterocycles. The molecule has 0 spiro atoms. The highest BCUT2D eigenvalue weighted by Crippen LogP contribution is 2.28. The number of pyridine rings is 1. The van der Waals surface area contributed by atoms with Gasteiger partial charge in [0.2, 0.25) is 0 Å². The van der Waals surface area contributed by atoms with E-state index >= 15 is 0 Å². The lowest BCUT2D eigenvalue weighted by atomic mass is 10.0. The first-order valence-electron chi connectivity index (χ1n) is 6.24. The lowest BCUT2D eigenvalue weighted by Gasteiger charge is -2.19. The SMILES string of the molecule is CC(C)C(Nc1nccc2c(F)c(F)c(F)cc12)C(=O)O. The van der Waals surface area contributed by atoms with Crippen molar-refractivity contribution in [3.8, 4) is 0 Å². The molecule has 0 aliphatic rings. The second-order valence-electron chi connectivity index (χ2n) is 4.95. The van der Waals surface area contributed by atoms with Gasteiger partial charge in [-0.05, 0) is 18.1 Å². The summed E-state index contributed by atoms with van der Waals surface area (Å²) in [6.45, 7) is 3.36. The summed E-state index contributed by atoms with van der Waals surface area (Å²) in [4.78, 5) is 15.1. The lowest BCUT2D eigenvalue weighted by Crippen LogP contribution is -2.34. The van der Waals surface area contributed by atoms with Crippen LogP contribution in [0.15, 0.2) is 18.3 Å². The van der Waals surface area contributed by atoms with Crippen LogP contribution < -0.4 is 5.32 Å². The summed E-state index contributed by atoms with van der Waals surface area (Å²) in [5, 5.41) is 11.6. The van der Waals surface area contributed by atoms with E-state index in [9.17, 15) is 18.0 Å². The number of benzene rings is 1. The van der Waals surface area contributed by atoms with Crippen molar-refractivity contribution in [2.45, 2.75) is 19.9 Å². The first-order valence-corrected chi connectivity index (χ1v) is 6.24. The molecule has 0 fully saturated rings. The van der Waals surface area contributed by atoms with Gasteiger partial charge in [0.1, 0.15) is 11.9 Å². The molecule has 0 aliphatic carbocycles. The monoisotopic (exact) mass is 298 g/mol. The van der Waals surface area contributed by atoms with Crippen LogP contribution in [0.5, 0.6) is 0 Å². The van der Waals surface area contributed by atoms with Gasteiger partial charge < -0.3 is 10.4 Å². The number of nitrogens with zero attached hydrogens (tertiary/aromatic N) is 1. The number of hydrogen-bond donors (Lipinski definition) is 2. The zero-order chi connectivity index (χ0) is 15.7. The van der Waals surface area contributed by atoms with Gasteiger partial charge in [0, 0.05) is 17.0 Å². The highest BCUT2D eigenvalue weighted by atomic mass is 19.2. The number of carboxylic acid groups (broad SMARTS) is 1. The number of nitrogens with one attached hydrogen (secondary N) is 1. The molecule has 4 nitrogen and oxygen atoms in total. The first-order chi connectivity index (χ1) is 9.82. The zero-order valence-electron chi connectivity index (χ0n) is 11.3. The van der Waals surface area contributed by atoms with Crippen molar-refractivity contribution in [2.24, 2.45) is 5.92 Å². The van der Waals surface area contributed by atoms with E-state index in [0.717, 1.165) is 6.07 Å². The summed E-state index contributed by atoms with van der Waals surface area (Å²) >= 11 is 0. The van der Waals surface area contributed by atoms with E-state index in [4.69, 9.17) is 5.11 Å². The average Bonchev–Trinajstić information content (AvgIpc) is 2.42. The standard InChI is InChI=1S/C14H13F3N2O2/c1-6(2)12(14(20)21)19-13-8-5-9(15)11(17)10(16)7(8)3-4-18-13/h3-6,12H,1-2H3,(H,18,19)(H,20,21). The molecule has 7 heteroatoms. The van der Waals surface area contributed by atoms with Crippen LogP contribution in [-0.2, 0) is 4.79 Å². The fourth-order valence-electron chi connectivity index (χ4n) is 2.00. The Labute approximate surface area is 118 Å². The molecule has 1 heterocycles. The van der Waals surface area contributed by atoms with E-state index in [1.807, 2.05) is 0 Å². The molecule has 21 heavy (non-hydrogen) atoms. The van der Waals surface area contributed by atoms with Gasteiger partial charge in [0.15, 0.2) is 17.5 Å². The number of carboxylic acids is 1. The van der Waals surface area contributed by atoms with Crippen molar-refractivity contribution in [1.82, 2.24) is 4.98 Å². The Bertz CT molecular complexity index is 704. The average molecular weight is 298 g/mol. The van der Waals surface area contributed by atoms with Crippen molar-refractivity contribution < 1.29 is 23.1 Å². The Hall–Kier alpha value is -2.31. The fraction of sp³-hybridized carbons (Fsp3) is 0.286. The smallest absolute Gasteiger partial charge is 0.326 e. The number of aliphatic carboxylic acids is 1. The molecular formula is C14H13F3N2O2. The number of rotatable bonds is 4. The van der Waals surface area contributed by atoms with Gasteiger partial charge >= 0.3 is 5.97 Å². The number of aromatic nitrogens is 1. The Balaban J connectivity index is 2.57. The van der Waals surface area contributed by atoms with E-state index < -0.39 is 29.5 Å². The molecule has 1 unspecified atom stereocenters. The Morgan fingerprint density at radius 3 is 2.48 bits per heavy atom. The van der Waals surface area contributed by atoms with Gasteiger partial charge in [-0.3, -0.25) is 0 Å². The molecule has 2 aromatic rings. The van der Waals surface area contributed by atoms with Crippen LogP contribution in [0.4, 0.5) is 19.0 Å². The van der Waals surface area contributed by atoms with Gasteiger partial charge in [-0.2, -0.15) is 0 Å². The van der Waals surface area contributed by atoms with Gasteiger partial charge in [-0.25, -0.2) is 22.9 Å². The molecule has 0 radical (unpaired) electrons. The summed E-state index contributed by atoms with van der Waals surface area (Å²) < 4.78 is 40.3. The van der Waals surface area contributed by atoms with Crippen LogP contribution >= 0.6 is 0 Å². The Morgan fingerprint density at radius 1 is 1.24 bits per heavy atom. The normalized spacial score (nSPS) is 12.7. The molecular weight excluding hydrogens is 285 g/mol. The topological polar surface area (TPSA) is 62.2 Å². The lowest BCUT2D eigenvalue weighted by molar-refractivity contribution is -0.138. The van der Waals surface area contributed by atoms with Crippen LogP contribution in [0.25, 0.3) is 10.8 Å². The summed E-state index contributed by atoms with van der Waals surface area (Å²) in [7, 11) is 0. The van der Waals surface area contributed by atoms with E-state index in [1.165, 1.54) is 12.3 Å². The van der Waals surface area contributed by atoms with Crippen molar-refractivity contribution in [3.63, 3.8) is 0 Å². The van der Waals surface area contributed by atoms with Gasteiger partial charge in [0.05, 0.1) is 0 Å². The van der Waals surface area contributed by atoms with Crippen LogP contribution in [0, 0.1) is 23.4 Å². The zero-order valence-corrected chi connectivity index (χ0v) is 11.3. The Kier molecular flexibility index (Phi) is 4.02. The summed E-state index contributed by atoms with van der Waals surface area (Å²) in [5.74, 6) is -5.66. The highest BCUT2D eigenvalue weighted by molar-refractivity contribution is 5.93. The van der Waals surface area contributed by atoms with Crippen LogP contribution in [0.3, 0.4) is 0 Å². The third-order valence-corrected chi connectivity index (χ3v) is 3.12. The molecule has 2 rings (SSSR count). The highest BCUT2D eigenvalue weighted by Gasteiger charge is 2.23. The molecule has 2 N–H and O–H groups in total. The van der Waals surface area contributed by atoms with E-state index in [-0.39, 0.29) is 22.5 Å². The maximum Gasteiger partial charge on any atom is 0.326 e. The molecule has 0 bridgehead atoms. The minimum atomic E-state index is -1.57. The molecule has 1 aromatic heterocycles. The van der Waals surface area contributed by atoms with E-state index in [1.54, 1.807) is 13.8 Å². The number of fused-ring (bicyclic) bond motifs is 1. The third-order valence-electron chi connectivity index (χ3n) is 3.12. The van der Waals surface area contributed by atoms with Crippen LogP contribution in [-0.4, -0.2) is 22.1 Å². The Morgan fingerprint density at radius 2 is 1.90 bits per heavy atom. The molecule has 112 valence electrons. The predicted molar refractivity (Wildman–Crippen MR) is 71.5 cm³/mol. The number of hydrogen-bond acceptors (Lipinski definition) is 3. The third kappa shape index (κ3) is 2.76. The summed E-state index contributed by atoms with van der Waals surface area (Å²) in [6, 6.07) is 1.01. The molecule has 0 saturated heterocycles. The van der Waals surface area contributed by atoms with E-state index in [2.05, 4.69) is 10.3 Å². The van der Waals surface area contributed by atoms with Crippen molar-refractivity contribution in [3.05, 3.63) is 35.8 Å². The number of halogens is 3. The van der Waals surface area contributed by atoms with Gasteiger partial charge in [-0.15, -0.1) is 0 Å². The first kappa shape index (κ1) is 15.1. The molecule has 1 atom stereocenters. The van der Waals surface area contributed by atoms with E-state index in [0.29, 0.717) is 0 Å². The predicted octanol–water partition coefficient (Wildman–Crippen LogP) is 3.17. The fourth-order valence-corrected chi connectivity index (χ4v) is 2.00. The van der Waals surface area contributed by atoms with Crippen molar-refractivity contribution >= 4 is 22.6 Å². The minimum absolute atomic E-state index is 0.00796. The minimum Gasteiger partial charge on any atom is -0.480 e. The maximum absolute atomic E-state index is 13.7. The van der Waals surface area contributed by atoms with Crippen molar-refractivity contribution in [1.29, 1.82) is 0 Å². The molecule has 1 aromatic carbocycles. The number of anilines is 1. The second kappa shape index (κ2) is 5.59. The quantitative estimate of drug-likeness (QED) is 0.851. The molecule has 0 saturated carbocycles. The largest absolute Gasteiger partial charge is 0.480 e.